The summed E-state index contributed by atoms with van der Waals surface area (Å²) < 4.78 is 5.29. The highest BCUT2D eigenvalue weighted by Crippen LogP contribution is 2.21. The second-order valence-electron chi connectivity index (χ2n) is 3.38. The minimum absolute atomic E-state index is 0.184. The molecule has 1 heterocycles. The predicted molar refractivity (Wildman–Crippen MR) is 44.1 cm³/mol. The zero-order valence-corrected chi connectivity index (χ0v) is 7.30. The number of carbonyl (C=O) groups is 1. The maximum absolute atomic E-state index is 10.2. The van der Waals surface area contributed by atoms with Crippen LogP contribution in [0.1, 0.15) is 19.8 Å². The monoisotopic (exact) mass is 173 g/mol. The van der Waals surface area contributed by atoms with Gasteiger partial charge in [-0.15, -0.1) is 0 Å². The van der Waals surface area contributed by atoms with E-state index >= 15 is 0 Å². The van der Waals surface area contributed by atoms with Gasteiger partial charge in [-0.05, 0) is 32.9 Å². The number of hydrogen-bond acceptors (Lipinski definition) is 3. The summed E-state index contributed by atoms with van der Waals surface area (Å²) in [5, 5.41) is 11.6. The minimum atomic E-state index is -0.894. The smallest absolute Gasteiger partial charge is 0.329 e. The number of nitrogens with one attached hydrogen (secondary N) is 1. The predicted octanol–water partition coefficient (Wildman–Crippen LogP) is 0.230. The molecule has 0 aliphatic carbocycles. The van der Waals surface area contributed by atoms with E-state index in [1.807, 2.05) is 6.92 Å². The minimum Gasteiger partial charge on any atom is -0.480 e. The highest BCUT2D eigenvalue weighted by atomic mass is 16.5. The molecule has 12 heavy (non-hydrogen) atoms. The van der Waals surface area contributed by atoms with Crippen molar-refractivity contribution in [3.63, 3.8) is 0 Å². The van der Waals surface area contributed by atoms with Crippen molar-refractivity contribution < 1.29 is 14.6 Å². The number of ether oxygens (including phenoxy) is 1. The first-order valence-corrected chi connectivity index (χ1v) is 4.19. The standard InChI is InChI=1S/C8H15NO3/c1-8(12-6-7(10)11)2-4-9-5-3-8/h9H,2-6H2,1H3,(H,10,11). The van der Waals surface area contributed by atoms with E-state index < -0.39 is 5.97 Å². The summed E-state index contributed by atoms with van der Waals surface area (Å²) >= 11 is 0. The van der Waals surface area contributed by atoms with Crippen LogP contribution in [-0.4, -0.2) is 36.4 Å². The van der Waals surface area contributed by atoms with Crippen LogP contribution in [0.4, 0.5) is 0 Å². The SMILES string of the molecule is CC1(OCC(=O)O)CCNCC1. The molecule has 0 radical (unpaired) electrons. The Bertz CT molecular complexity index is 164. The molecule has 0 aromatic rings. The maximum Gasteiger partial charge on any atom is 0.329 e. The zero-order chi connectivity index (χ0) is 9.03. The van der Waals surface area contributed by atoms with Gasteiger partial charge in [-0.3, -0.25) is 0 Å². The van der Waals surface area contributed by atoms with Gasteiger partial charge in [0.25, 0.3) is 0 Å². The van der Waals surface area contributed by atoms with Gasteiger partial charge in [0.1, 0.15) is 6.61 Å². The van der Waals surface area contributed by atoms with E-state index in [0.717, 1.165) is 25.9 Å². The summed E-state index contributed by atoms with van der Waals surface area (Å²) in [6.45, 7) is 3.61. The van der Waals surface area contributed by atoms with Crippen LogP contribution >= 0.6 is 0 Å². The van der Waals surface area contributed by atoms with Gasteiger partial charge in [-0.25, -0.2) is 4.79 Å². The molecule has 4 heteroatoms. The highest BCUT2D eigenvalue weighted by molar-refractivity contribution is 5.68. The van der Waals surface area contributed by atoms with Gasteiger partial charge in [0.05, 0.1) is 5.60 Å². The van der Waals surface area contributed by atoms with Crippen LogP contribution in [0.5, 0.6) is 0 Å². The van der Waals surface area contributed by atoms with Gasteiger partial charge >= 0.3 is 5.97 Å². The average molecular weight is 173 g/mol. The molecule has 0 saturated carbocycles. The molecule has 1 fully saturated rings. The van der Waals surface area contributed by atoms with Crippen LogP contribution in [-0.2, 0) is 9.53 Å². The lowest BCUT2D eigenvalue weighted by atomic mass is 9.95. The van der Waals surface area contributed by atoms with Gasteiger partial charge < -0.3 is 15.2 Å². The lowest BCUT2D eigenvalue weighted by Crippen LogP contribution is -2.42. The second kappa shape index (κ2) is 3.87. The van der Waals surface area contributed by atoms with Gasteiger partial charge in [0, 0.05) is 0 Å². The first-order chi connectivity index (χ1) is 5.62. The number of hydrogen-bond donors (Lipinski definition) is 2. The van der Waals surface area contributed by atoms with E-state index in [0.29, 0.717) is 0 Å². The van der Waals surface area contributed by atoms with Crippen LogP contribution in [0.2, 0.25) is 0 Å². The number of aliphatic carboxylic acids is 1. The molecule has 0 aromatic carbocycles. The first kappa shape index (κ1) is 9.48. The Labute approximate surface area is 71.9 Å². The molecule has 1 aliphatic heterocycles. The van der Waals surface area contributed by atoms with E-state index in [4.69, 9.17) is 9.84 Å². The van der Waals surface area contributed by atoms with Crippen LogP contribution in [0, 0.1) is 0 Å². The second-order valence-corrected chi connectivity index (χ2v) is 3.38. The Morgan fingerprint density at radius 3 is 2.67 bits per heavy atom. The summed E-state index contributed by atoms with van der Waals surface area (Å²) in [6, 6.07) is 0. The molecule has 0 bridgehead atoms. The van der Waals surface area contributed by atoms with Crippen molar-refractivity contribution in [1.82, 2.24) is 5.32 Å². The van der Waals surface area contributed by atoms with E-state index in [-0.39, 0.29) is 12.2 Å². The molecule has 1 aliphatic rings. The molecule has 0 spiro atoms. The van der Waals surface area contributed by atoms with Crippen molar-refractivity contribution in [1.29, 1.82) is 0 Å². The number of carboxylic acids is 1. The van der Waals surface area contributed by atoms with Gasteiger partial charge in [-0.1, -0.05) is 0 Å². The van der Waals surface area contributed by atoms with Crippen molar-refractivity contribution in [2.45, 2.75) is 25.4 Å². The third-order valence-corrected chi connectivity index (χ3v) is 2.21. The van der Waals surface area contributed by atoms with Crippen molar-refractivity contribution in [2.75, 3.05) is 19.7 Å². The summed E-state index contributed by atoms with van der Waals surface area (Å²) in [6.07, 6.45) is 1.78. The van der Waals surface area contributed by atoms with Crippen molar-refractivity contribution >= 4 is 5.97 Å². The van der Waals surface area contributed by atoms with Gasteiger partial charge in [-0.2, -0.15) is 0 Å². The zero-order valence-electron chi connectivity index (χ0n) is 7.30. The molecule has 1 saturated heterocycles. The quantitative estimate of drug-likeness (QED) is 0.641. The van der Waals surface area contributed by atoms with Crippen LogP contribution < -0.4 is 5.32 Å². The van der Waals surface area contributed by atoms with Crippen molar-refractivity contribution in [3.8, 4) is 0 Å². The largest absolute Gasteiger partial charge is 0.480 e. The van der Waals surface area contributed by atoms with E-state index in [1.54, 1.807) is 0 Å². The average Bonchev–Trinajstić information content (AvgIpc) is 2.03. The Kier molecular flexibility index (Phi) is 3.05. The summed E-state index contributed by atoms with van der Waals surface area (Å²) in [5.74, 6) is -0.894. The normalized spacial score (nSPS) is 22.1. The third kappa shape index (κ3) is 2.79. The summed E-state index contributed by atoms with van der Waals surface area (Å²) in [4.78, 5) is 10.2. The molecule has 0 atom stereocenters. The maximum atomic E-state index is 10.2. The Balaban J connectivity index is 2.31. The van der Waals surface area contributed by atoms with E-state index in [2.05, 4.69) is 5.32 Å². The fourth-order valence-electron chi connectivity index (χ4n) is 1.34. The number of carboxylic acid groups (broad SMARTS) is 1. The van der Waals surface area contributed by atoms with E-state index in [9.17, 15) is 4.79 Å². The molecule has 70 valence electrons. The van der Waals surface area contributed by atoms with Gasteiger partial charge in [0.15, 0.2) is 0 Å². The molecule has 0 amide bonds. The molecule has 0 unspecified atom stereocenters. The fourth-order valence-corrected chi connectivity index (χ4v) is 1.34. The number of piperidine rings is 1. The number of rotatable bonds is 3. The van der Waals surface area contributed by atoms with Crippen molar-refractivity contribution in [3.05, 3.63) is 0 Å². The first-order valence-electron chi connectivity index (χ1n) is 4.19. The van der Waals surface area contributed by atoms with E-state index in [1.165, 1.54) is 0 Å². The Morgan fingerprint density at radius 2 is 2.17 bits per heavy atom. The lowest BCUT2D eigenvalue weighted by molar-refractivity contribution is -0.150. The fraction of sp³-hybridized carbons (Fsp3) is 0.875. The van der Waals surface area contributed by atoms with Gasteiger partial charge in [0.2, 0.25) is 0 Å². The van der Waals surface area contributed by atoms with Crippen molar-refractivity contribution in [2.24, 2.45) is 0 Å². The molecule has 2 N–H and O–H groups in total. The topological polar surface area (TPSA) is 58.6 Å². The lowest BCUT2D eigenvalue weighted by Gasteiger charge is -2.33. The molecule has 0 aromatic heterocycles. The summed E-state index contributed by atoms with van der Waals surface area (Å²) in [7, 11) is 0. The highest BCUT2D eigenvalue weighted by Gasteiger charge is 2.27. The molecule has 1 rings (SSSR count). The van der Waals surface area contributed by atoms with Crippen LogP contribution in [0.25, 0.3) is 0 Å². The Morgan fingerprint density at radius 1 is 1.58 bits per heavy atom. The molecule has 4 nitrogen and oxygen atoms in total. The van der Waals surface area contributed by atoms with Crippen LogP contribution in [0.3, 0.4) is 0 Å². The van der Waals surface area contributed by atoms with Crippen LogP contribution in [0.15, 0.2) is 0 Å². The third-order valence-electron chi connectivity index (χ3n) is 2.21. The molecular formula is C8H15NO3. The Hall–Kier alpha value is -0.610. The molecular weight excluding hydrogens is 158 g/mol. The summed E-state index contributed by atoms with van der Waals surface area (Å²) in [5.41, 5.74) is -0.232.